The maximum Gasteiger partial charge on any atom is 0.323 e. The van der Waals surface area contributed by atoms with Crippen molar-refractivity contribution >= 4 is 34.2 Å². The Kier molecular flexibility index (Phi) is 5.68. The number of hydrogen-bond acceptors (Lipinski definition) is 5. The molecule has 0 saturated carbocycles. The highest BCUT2D eigenvalue weighted by Gasteiger charge is 2.19. The number of fused-ring (bicyclic) bond motifs is 1. The van der Waals surface area contributed by atoms with Crippen molar-refractivity contribution in [3.63, 3.8) is 0 Å². The molecule has 0 saturated heterocycles. The van der Waals surface area contributed by atoms with Gasteiger partial charge >= 0.3 is 6.03 Å². The molecule has 0 atom stereocenters. The van der Waals surface area contributed by atoms with Crippen LogP contribution >= 0.6 is 0 Å². The van der Waals surface area contributed by atoms with Gasteiger partial charge in [0.2, 0.25) is 0 Å². The largest absolute Gasteiger partial charge is 0.323 e. The molecular weight excluding hydrogens is 454 g/mol. The summed E-state index contributed by atoms with van der Waals surface area (Å²) in [5.74, 6) is -1.56. The number of amides is 2. The Morgan fingerprint density at radius 1 is 0.886 bits per heavy atom. The van der Waals surface area contributed by atoms with Crippen molar-refractivity contribution in [3.05, 3.63) is 108 Å². The number of urea groups is 1. The number of ketones is 1. The molecule has 0 aliphatic carbocycles. The van der Waals surface area contributed by atoms with Crippen LogP contribution in [-0.4, -0.2) is 31.6 Å². The number of nitrogens with one attached hydrogen (secondary N) is 2. The van der Waals surface area contributed by atoms with E-state index >= 15 is 4.39 Å². The molecule has 10 heteroatoms. The molecule has 0 spiro atoms. The van der Waals surface area contributed by atoms with E-state index in [2.05, 4.69) is 25.7 Å². The Bertz CT molecular complexity index is 1570. The minimum Gasteiger partial charge on any atom is -0.308 e. The molecule has 172 valence electrons. The lowest BCUT2D eigenvalue weighted by atomic mass is 10.0. The normalized spacial score (nSPS) is 10.8. The van der Waals surface area contributed by atoms with Crippen molar-refractivity contribution in [1.29, 1.82) is 0 Å². The summed E-state index contributed by atoms with van der Waals surface area (Å²) in [6, 6.07) is 15.0. The van der Waals surface area contributed by atoms with Gasteiger partial charge in [-0.25, -0.2) is 23.2 Å². The highest BCUT2D eigenvalue weighted by atomic mass is 19.1. The zero-order chi connectivity index (χ0) is 24.4. The minimum atomic E-state index is -0.900. The van der Waals surface area contributed by atoms with E-state index in [9.17, 15) is 14.0 Å². The Balaban J connectivity index is 1.40. The van der Waals surface area contributed by atoms with E-state index in [1.54, 1.807) is 30.7 Å². The maximum atomic E-state index is 15.2. The molecule has 2 N–H and O–H groups in total. The molecule has 5 rings (SSSR count). The highest BCUT2D eigenvalue weighted by Crippen LogP contribution is 2.23. The molecule has 0 aliphatic heterocycles. The first kappa shape index (κ1) is 21.8. The summed E-state index contributed by atoms with van der Waals surface area (Å²) in [4.78, 5) is 34.2. The summed E-state index contributed by atoms with van der Waals surface area (Å²) in [6.45, 7) is 0. The molecule has 0 bridgehead atoms. The zero-order valence-electron chi connectivity index (χ0n) is 17.9. The van der Waals surface area contributed by atoms with E-state index in [1.165, 1.54) is 53.2 Å². The first-order valence-electron chi connectivity index (χ1n) is 10.4. The second-order valence-corrected chi connectivity index (χ2v) is 7.47. The summed E-state index contributed by atoms with van der Waals surface area (Å²) in [7, 11) is 0. The number of carbonyl (C=O) groups is 2. The van der Waals surface area contributed by atoms with Gasteiger partial charge in [0.05, 0.1) is 28.5 Å². The number of halogens is 2. The number of anilines is 2. The molecular formula is C25H16F2N6O2. The Hall–Kier alpha value is -4.99. The van der Waals surface area contributed by atoms with Crippen molar-refractivity contribution in [3.8, 4) is 5.82 Å². The first-order chi connectivity index (χ1) is 17.0. The Morgan fingerprint density at radius 3 is 2.54 bits per heavy atom. The summed E-state index contributed by atoms with van der Waals surface area (Å²) in [5.41, 5.74) is 0.956. The lowest BCUT2D eigenvalue weighted by molar-refractivity contribution is 0.103. The van der Waals surface area contributed by atoms with Crippen LogP contribution in [0.1, 0.15) is 15.9 Å². The molecule has 0 aliphatic rings. The number of benzene rings is 3. The van der Waals surface area contributed by atoms with E-state index in [0.29, 0.717) is 16.9 Å². The van der Waals surface area contributed by atoms with E-state index in [4.69, 9.17) is 0 Å². The summed E-state index contributed by atoms with van der Waals surface area (Å²) in [5, 5.41) is 8.87. The number of nitrogens with zero attached hydrogens (tertiary/aromatic N) is 4. The monoisotopic (exact) mass is 470 g/mol. The van der Waals surface area contributed by atoms with Crippen molar-refractivity contribution in [2.75, 3.05) is 10.6 Å². The molecule has 2 aromatic heterocycles. The van der Waals surface area contributed by atoms with Crippen LogP contribution in [0.5, 0.6) is 0 Å². The third-order valence-electron chi connectivity index (χ3n) is 5.10. The van der Waals surface area contributed by atoms with Crippen LogP contribution in [0.3, 0.4) is 0 Å². The van der Waals surface area contributed by atoms with Crippen molar-refractivity contribution < 1.29 is 18.4 Å². The van der Waals surface area contributed by atoms with Crippen LogP contribution in [0.15, 0.2) is 85.3 Å². The van der Waals surface area contributed by atoms with Gasteiger partial charge < -0.3 is 10.6 Å². The molecule has 0 fully saturated rings. The molecule has 0 radical (unpaired) electrons. The number of rotatable bonds is 5. The second-order valence-electron chi connectivity index (χ2n) is 7.47. The van der Waals surface area contributed by atoms with E-state index in [0.717, 1.165) is 6.07 Å². The quantitative estimate of drug-likeness (QED) is 0.353. The van der Waals surface area contributed by atoms with Gasteiger partial charge in [0.25, 0.3) is 0 Å². The van der Waals surface area contributed by atoms with Gasteiger partial charge in [0, 0.05) is 23.6 Å². The van der Waals surface area contributed by atoms with Crippen molar-refractivity contribution in [2.24, 2.45) is 0 Å². The lowest BCUT2D eigenvalue weighted by Gasteiger charge is -2.11. The average molecular weight is 470 g/mol. The zero-order valence-corrected chi connectivity index (χ0v) is 17.9. The molecule has 8 nitrogen and oxygen atoms in total. The van der Waals surface area contributed by atoms with Gasteiger partial charge in [0.1, 0.15) is 5.82 Å². The summed E-state index contributed by atoms with van der Waals surface area (Å²) in [6.07, 6.45) is 4.87. The van der Waals surface area contributed by atoms with Gasteiger partial charge in [0.15, 0.2) is 17.4 Å². The fourth-order valence-electron chi connectivity index (χ4n) is 3.47. The summed E-state index contributed by atoms with van der Waals surface area (Å²) >= 11 is 0. The van der Waals surface area contributed by atoms with Gasteiger partial charge in [-0.05, 0) is 54.6 Å². The molecule has 5 aromatic rings. The Morgan fingerprint density at radius 2 is 1.74 bits per heavy atom. The highest BCUT2D eigenvalue weighted by molar-refractivity contribution is 6.11. The number of carbonyl (C=O) groups excluding carboxylic acids is 2. The second kappa shape index (κ2) is 9.10. The standard InChI is InChI=1S/C25H16F2N6O2/c26-16-4-1-5-17(13-16)30-25(35)32-20-7-2-6-18(23(20)27)24(34)15-8-9-19-21(12-15)31-22(14-28-19)33-11-3-10-29-33/h1-14H,(H2,30,32,35). The smallest absolute Gasteiger partial charge is 0.308 e. The van der Waals surface area contributed by atoms with Gasteiger partial charge in [-0.1, -0.05) is 12.1 Å². The maximum absolute atomic E-state index is 15.2. The van der Waals surface area contributed by atoms with Gasteiger partial charge in [-0.3, -0.25) is 9.78 Å². The molecule has 0 unspecified atom stereocenters. The topological polar surface area (TPSA) is 102 Å². The van der Waals surface area contributed by atoms with Crippen LogP contribution in [0, 0.1) is 11.6 Å². The van der Waals surface area contributed by atoms with E-state index in [1.807, 2.05) is 0 Å². The minimum absolute atomic E-state index is 0.196. The third-order valence-corrected chi connectivity index (χ3v) is 5.10. The first-order valence-corrected chi connectivity index (χ1v) is 10.4. The van der Waals surface area contributed by atoms with Crippen molar-refractivity contribution in [2.45, 2.75) is 0 Å². The fourth-order valence-corrected chi connectivity index (χ4v) is 3.47. The van der Waals surface area contributed by atoms with Crippen LogP contribution in [0.4, 0.5) is 25.0 Å². The van der Waals surface area contributed by atoms with Crippen LogP contribution in [-0.2, 0) is 0 Å². The molecule has 3 aromatic carbocycles. The molecule has 2 amide bonds. The third kappa shape index (κ3) is 4.58. The van der Waals surface area contributed by atoms with Crippen LogP contribution < -0.4 is 10.6 Å². The Labute approximate surface area is 197 Å². The van der Waals surface area contributed by atoms with E-state index < -0.39 is 23.4 Å². The van der Waals surface area contributed by atoms with Crippen LogP contribution in [0.2, 0.25) is 0 Å². The average Bonchev–Trinajstić information content (AvgIpc) is 3.39. The summed E-state index contributed by atoms with van der Waals surface area (Å²) < 4.78 is 30.0. The van der Waals surface area contributed by atoms with E-state index in [-0.39, 0.29) is 22.5 Å². The molecule has 35 heavy (non-hydrogen) atoms. The lowest BCUT2D eigenvalue weighted by Crippen LogP contribution is -2.21. The van der Waals surface area contributed by atoms with Gasteiger partial charge in [-0.15, -0.1) is 0 Å². The number of hydrogen-bond donors (Lipinski definition) is 2. The predicted molar refractivity (Wildman–Crippen MR) is 126 cm³/mol. The van der Waals surface area contributed by atoms with Gasteiger partial charge in [-0.2, -0.15) is 5.10 Å². The predicted octanol–water partition coefficient (Wildman–Crippen LogP) is 4.97. The SMILES string of the molecule is O=C(Nc1cccc(F)c1)Nc1cccc(C(=O)c2ccc3ncc(-n4cccn4)nc3c2)c1F. The fraction of sp³-hybridized carbons (Fsp3) is 0. The number of aromatic nitrogens is 4. The van der Waals surface area contributed by atoms with Crippen LogP contribution in [0.25, 0.3) is 16.9 Å². The van der Waals surface area contributed by atoms with Crippen molar-refractivity contribution in [1.82, 2.24) is 19.7 Å². The molecule has 2 heterocycles.